The van der Waals surface area contributed by atoms with E-state index in [-0.39, 0.29) is 6.42 Å². The summed E-state index contributed by atoms with van der Waals surface area (Å²) in [5.41, 5.74) is 17.2. The molecule has 2 aliphatic rings. The minimum atomic E-state index is -1.74. The van der Waals surface area contributed by atoms with Crippen molar-refractivity contribution in [2.75, 3.05) is 6.61 Å². The second kappa shape index (κ2) is 8.79. The Morgan fingerprint density at radius 3 is 2.08 bits per heavy atom. The van der Waals surface area contributed by atoms with Crippen LogP contribution in [-0.2, 0) is 9.47 Å². The van der Waals surface area contributed by atoms with E-state index in [1.54, 1.807) is 0 Å². The number of rotatable bonds is 5. The molecule has 14 heteroatoms. The first kappa shape index (κ1) is 20.6. The van der Waals surface area contributed by atoms with Crippen molar-refractivity contribution in [2.45, 2.75) is 67.5 Å². The molecule has 0 spiro atoms. The van der Waals surface area contributed by atoms with Gasteiger partial charge in [-0.05, 0) is 17.5 Å². The molecule has 0 aromatic rings. The fourth-order valence-corrected chi connectivity index (χ4v) is 3.04. The lowest BCUT2D eigenvalue weighted by molar-refractivity contribution is -0.323. The van der Waals surface area contributed by atoms with Crippen molar-refractivity contribution in [1.29, 1.82) is 0 Å². The number of hydrogen-bond donors (Lipinski definition) is 6. The van der Waals surface area contributed by atoms with E-state index in [1.807, 2.05) is 0 Å². The third kappa shape index (κ3) is 4.00. The molecule has 10 atom stereocenters. The molecule has 2 rings (SSSR count). The molecule has 0 aromatic carbocycles. The molecule has 26 heavy (non-hydrogen) atoms. The van der Waals surface area contributed by atoms with Gasteiger partial charge in [-0.25, -0.2) is 0 Å². The number of nitrogens with zero attached hydrogens (tertiary/aromatic N) is 6. The molecule has 0 bridgehead atoms. The molecule has 1 aliphatic heterocycles. The largest absolute Gasteiger partial charge is 0.394 e. The number of ether oxygens (including phenoxy) is 2. The maximum Gasteiger partial charge on any atom is 0.187 e. The van der Waals surface area contributed by atoms with Crippen molar-refractivity contribution in [3.63, 3.8) is 0 Å². The van der Waals surface area contributed by atoms with Crippen LogP contribution in [-0.4, -0.2) is 98.3 Å². The first-order valence-electron chi connectivity index (χ1n) is 7.76. The fourth-order valence-electron chi connectivity index (χ4n) is 3.04. The molecule has 0 unspecified atom stereocenters. The zero-order chi connectivity index (χ0) is 19.4. The summed E-state index contributed by atoms with van der Waals surface area (Å²) in [6, 6.07) is -2.15. The predicted octanol–water partition coefficient (Wildman–Crippen LogP) is -2.35. The highest BCUT2D eigenvalue weighted by Crippen LogP contribution is 2.31. The second-order valence-corrected chi connectivity index (χ2v) is 6.06. The SMILES string of the molecule is [N-]=[N+]=N[C@H]1C[C@@H](N=[N+]=[N-])[C@H](O)[C@@H](O)[C@@H]1O[C@@H]1O[C@H](CO)[C@H](O)[C@H](O)[C@H]1O. The zero-order valence-electron chi connectivity index (χ0n) is 13.4. The maximum atomic E-state index is 10.2. The third-order valence-electron chi connectivity index (χ3n) is 4.48. The Morgan fingerprint density at radius 1 is 0.885 bits per heavy atom. The van der Waals surface area contributed by atoms with Gasteiger partial charge >= 0.3 is 0 Å². The van der Waals surface area contributed by atoms with E-state index in [1.165, 1.54) is 0 Å². The lowest BCUT2D eigenvalue weighted by Crippen LogP contribution is -2.63. The van der Waals surface area contributed by atoms with E-state index in [2.05, 4.69) is 20.1 Å². The Kier molecular flexibility index (Phi) is 6.97. The van der Waals surface area contributed by atoms with Crippen LogP contribution in [0.5, 0.6) is 0 Å². The monoisotopic (exact) mass is 376 g/mol. The van der Waals surface area contributed by atoms with E-state index in [9.17, 15) is 30.6 Å². The summed E-state index contributed by atoms with van der Waals surface area (Å²) >= 11 is 0. The smallest absolute Gasteiger partial charge is 0.187 e. The van der Waals surface area contributed by atoms with Crippen LogP contribution in [0.2, 0.25) is 0 Å². The standard InChI is InChI=1S/C12H20N6O8/c13-17-15-3-1-4(16-18-14)11(9(23)6(3)20)26-12-10(24)8(22)7(21)5(2-19)25-12/h3-12,19-24H,1-2H2/t3-,4+,5-,6+,7+,8+,9-,10-,11-,12+/m1/s1. The summed E-state index contributed by atoms with van der Waals surface area (Å²) in [7, 11) is 0. The predicted molar refractivity (Wildman–Crippen MR) is 81.1 cm³/mol. The quantitative estimate of drug-likeness (QED) is 0.172. The molecule has 1 saturated heterocycles. The van der Waals surface area contributed by atoms with Gasteiger partial charge in [-0.1, -0.05) is 10.2 Å². The van der Waals surface area contributed by atoms with Crippen LogP contribution in [0.4, 0.5) is 0 Å². The molecule has 1 saturated carbocycles. The van der Waals surface area contributed by atoms with Crippen molar-refractivity contribution in [3.8, 4) is 0 Å². The minimum absolute atomic E-state index is 0.144. The highest BCUT2D eigenvalue weighted by molar-refractivity contribution is 5.01. The molecule has 1 aliphatic carbocycles. The van der Waals surface area contributed by atoms with E-state index >= 15 is 0 Å². The second-order valence-electron chi connectivity index (χ2n) is 6.06. The summed E-state index contributed by atoms with van der Waals surface area (Å²) in [5, 5.41) is 65.8. The van der Waals surface area contributed by atoms with E-state index in [0.29, 0.717) is 0 Å². The summed E-state index contributed by atoms with van der Waals surface area (Å²) in [4.78, 5) is 5.17. The Hall–Kier alpha value is -1.70. The Balaban J connectivity index is 2.21. The summed E-state index contributed by atoms with van der Waals surface area (Å²) in [6.07, 6.45) is -12.6. The van der Waals surface area contributed by atoms with E-state index in [0.717, 1.165) is 0 Å². The van der Waals surface area contributed by atoms with Crippen molar-refractivity contribution < 1.29 is 40.1 Å². The fraction of sp³-hybridized carbons (Fsp3) is 1.00. The van der Waals surface area contributed by atoms with Crippen LogP contribution in [0.25, 0.3) is 20.9 Å². The van der Waals surface area contributed by atoms with Gasteiger partial charge in [0.2, 0.25) is 0 Å². The number of aliphatic hydroxyl groups is 6. The maximum absolute atomic E-state index is 10.2. The van der Waals surface area contributed by atoms with E-state index < -0.39 is 67.7 Å². The van der Waals surface area contributed by atoms with Crippen molar-refractivity contribution in [2.24, 2.45) is 10.2 Å². The average molecular weight is 376 g/mol. The Bertz CT molecular complexity index is 582. The average Bonchev–Trinajstić information content (AvgIpc) is 2.63. The van der Waals surface area contributed by atoms with Gasteiger partial charge in [0.1, 0.15) is 30.5 Å². The normalized spacial score (nSPS) is 46.1. The minimum Gasteiger partial charge on any atom is -0.394 e. The van der Waals surface area contributed by atoms with Gasteiger partial charge in [-0.15, -0.1) is 0 Å². The van der Waals surface area contributed by atoms with Gasteiger partial charge in [0.25, 0.3) is 0 Å². The number of aliphatic hydroxyl groups excluding tert-OH is 6. The molecule has 14 nitrogen and oxygen atoms in total. The summed E-state index contributed by atoms with van der Waals surface area (Å²) in [6.45, 7) is -0.681. The third-order valence-corrected chi connectivity index (χ3v) is 4.48. The van der Waals surface area contributed by atoms with Crippen LogP contribution >= 0.6 is 0 Å². The summed E-state index contributed by atoms with van der Waals surface area (Å²) in [5.74, 6) is 0. The van der Waals surface area contributed by atoms with Crippen LogP contribution in [0.3, 0.4) is 0 Å². The number of hydrogen-bond acceptors (Lipinski definition) is 10. The lowest BCUT2D eigenvalue weighted by Gasteiger charge is -2.45. The van der Waals surface area contributed by atoms with Gasteiger partial charge in [-0.3, -0.25) is 0 Å². The van der Waals surface area contributed by atoms with Crippen LogP contribution in [0.1, 0.15) is 6.42 Å². The Morgan fingerprint density at radius 2 is 1.50 bits per heavy atom. The molecule has 0 radical (unpaired) electrons. The van der Waals surface area contributed by atoms with Gasteiger partial charge in [-0.2, -0.15) is 0 Å². The molecule has 2 fully saturated rings. The molecule has 146 valence electrons. The topological polar surface area (TPSA) is 237 Å². The van der Waals surface area contributed by atoms with Crippen LogP contribution < -0.4 is 0 Å². The zero-order valence-corrected chi connectivity index (χ0v) is 13.4. The molecule has 0 aromatic heterocycles. The molecule has 0 amide bonds. The van der Waals surface area contributed by atoms with Crippen LogP contribution in [0.15, 0.2) is 10.2 Å². The summed E-state index contributed by atoms with van der Waals surface area (Å²) < 4.78 is 10.6. The molecular weight excluding hydrogens is 356 g/mol. The van der Waals surface area contributed by atoms with Crippen molar-refractivity contribution >= 4 is 0 Å². The van der Waals surface area contributed by atoms with Crippen molar-refractivity contribution in [3.05, 3.63) is 20.9 Å². The highest BCUT2D eigenvalue weighted by Gasteiger charge is 2.49. The Labute approximate surface area is 146 Å². The van der Waals surface area contributed by atoms with Gasteiger partial charge in [0, 0.05) is 9.82 Å². The first-order chi connectivity index (χ1) is 12.3. The lowest BCUT2D eigenvalue weighted by atomic mass is 9.84. The van der Waals surface area contributed by atoms with E-state index in [4.69, 9.17) is 20.5 Å². The van der Waals surface area contributed by atoms with Crippen molar-refractivity contribution in [1.82, 2.24) is 0 Å². The van der Waals surface area contributed by atoms with Gasteiger partial charge in [0.05, 0.1) is 30.9 Å². The number of azide groups is 2. The van der Waals surface area contributed by atoms with Gasteiger partial charge < -0.3 is 40.1 Å². The highest BCUT2D eigenvalue weighted by atomic mass is 16.7. The first-order valence-corrected chi connectivity index (χ1v) is 7.76. The van der Waals surface area contributed by atoms with Gasteiger partial charge in [0.15, 0.2) is 6.29 Å². The molecular formula is C12H20N6O8. The molecule has 6 N–H and O–H groups in total. The molecule has 1 heterocycles. The van der Waals surface area contributed by atoms with Crippen LogP contribution in [0, 0.1) is 0 Å².